The van der Waals surface area contributed by atoms with Crippen molar-refractivity contribution in [3.05, 3.63) is 47.8 Å². The lowest BCUT2D eigenvalue weighted by molar-refractivity contribution is 0.0694. The van der Waals surface area contributed by atoms with Crippen molar-refractivity contribution in [2.24, 2.45) is 0 Å². The smallest absolute Gasteiger partial charge is 0.407 e. The lowest BCUT2D eigenvalue weighted by atomic mass is 10.1. The van der Waals surface area contributed by atoms with E-state index in [1.807, 2.05) is 0 Å². The number of alkyl carbamates (subject to hydrolysis) is 1. The van der Waals surface area contributed by atoms with Gasteiger partial charge in [-0.3, -0.25) is 0 Å². The zero-order chi connectivity index (χ0) is 13.5. The van der Waals surface area contributed by atoms with Crippen LogP contribution in [0.3, 0.4) is 0 Å². The molecule has 0 heterocycles. The third kappa shape index (κ3) is 3.58. The molecule has 1 aromatic carbocycles. The highest BCUT2D eigenvalue weighted by Crippen LogP contribution is 2.13. The first-order chi connectivity index (χ1) is 8.56. The molecule has 2 N–H and O–H groups in total. The van der Waals surface area contributed by atoms with E-state index in [9.17, 15) is 14.0 Å². The molecule has 0 atom stereocenters. The highest BCUT2D eigenvalue weighted by molar-refractivity contribution is 5.89. The molecule has 0 spiro atoms. The second-order valence-electron chi connectivity index (χ2n) is 3.31. The minimum atomic E-state index is -1.26. The summed E-state index contributed by atoms with van der Waals surface area (Å²) >= 11 is 0. The van der Waals surface area contributed by atoms with Gasteiger partial charge in [0.25, 0.3) is 0 Å². The minimum Gasteiger partial charge on any atom is -0.478 e. The average molecular weight is 253 g/mol. The molecule has 0 saturated heterocycles. The highest BCUT2D eigenvalue weighted by atomic mass is 19.1. The fraction of sp³-hybridized carbons (Fsp3) is 0.167. The van der Waals surface area contributed by atoms with Crippen LogP contribution in [0.25, 0.3) is 0 Å². The predicted molar refractivity (Wildman–Crippen MR) is 61.7 cm³/mol. The van der Waals surface area contributed by atoms with E-state index in [-0.39, 0.29) is 24.3 Å². The van der Waals surface area contributed by atoms with Crippen LogP contribution < -0.4 is 5.32 Å². The summed E-state index contributed by atoms with van der Waals surface area (Å²) in [5, 5.41) is 11.1. The number of carboxylic acid groups (broad SMARTS) is 1. The average Bonchev–Trinajstić information content (AvgIpc) is 2.34. The molecule has 0 unspecified atom stereocenters. The molecule has 6 heteroatoms. The van der Waals surface area contributed by atoms with Crippen LogP contribution in [-0.4, -0.2) is 23.8 Å². The summed E-state index contributed by atoms with van der Waals surface area (Å²) < 4.78 is 18.1. The van der Waals surface area contributed by atoms with Crippen LogP contribution in [0.1, 0.15) is 15.9 Å². The maximum atomic E-state index is 13.4. The topological polar surface area (TPSA) is 75.6 Å². The van der Waals surface area contributed by atoms with Gasteiger partial charge in [0.05, 0.1) is 5.56 Å². The Bertz CT molecular complexity index is 473. The van der Waals surface area contributed by atoms with E-state index in [4.69, 9.17) is 5.11 Å². The van der Waals surface area contributed by atoms with Gasteiger partial charge in [0.2, 0.25) is 0 Å². The van der Waals surface area contributed by atoms with Crippen molar-refractivity contribution < 1.29 is 23.8 Å². The first-order valence-corrected chi connectivity index (χ1v) is 5.08. The number of amides is 1. The number of rotatable bonds is 5. The quantitative estimate of drug-likeness (QED) is 0.786. The summed E-state index contributed by atoms with van der Waals surface area (Å²) in [6.45, 7) is 3.12. The van der Waals surface area contributed by atoms with E-state index in [2.05, 4.69) is 16.6 Å². The van der Waals surface area contributed by atoms with Crippen LogP contribution >= 0.6 is 0 Å². The molecular weight excluding hydrogens is 241 g/mol. The zero-order valence-corrected chi connectivity index (χ0v) is 9.48. The molecule has 0 aliphatic carbocycles. The van der Waals surface area contributed by atoms with Crippen LogP contribution in [0.2, 0.25) is 0 Å². The first kappa shape index (κ1) is 13.7. The number of benzene rings is 1. The van der Waals surface area contributed by atoms with E-state index in [0.717, 1.165) is 6.07 Å². The van der Waals surface area contributed by atoms with Gasteiger partial charge in [-0.15, -0.1) is 0 Å². The second kappa shape index (κ2) is 6.39. The molecule has 0 radical (unpaired) electrons. The first-order valence-electron chi connectivity index (χ1n) is 5.08. The molecular formula is C12H12FNO4. The fourth-order valence-corrected chi connectivity index (χ4v) is 1.28. The number of halogens is 1. The maximum absolute atomic E-state index is 13.4. The molecule has 0 bridgehead atoms. The third-order valence-corrected chi connectivity index (χ3v) is 2.09. The van der Waals surface area contributed by atoms with E-state index in [1.54, 1.807) is 0 Å². The number of carbonyl (C=O) groups excluding carboxylic acids is 1. The van der Waals surface area contributed by atoms with Gasteiger partial charge in [0, 0.05) is 12.1 Å². The number of nitrogens with one attached hydrogen (secondary N) is 1. The molecule has 18 heavy (non-hydrogen) atoms. The van der Waals surface area contributed by atoms with Gasteiger partial charge >= 0.3 is 12.1 Å². The van der Waals surface area contributed by atoms with Crippen molar-refractivity contribution in [3.8, 4) is 0 Å². The molecule has 1 amide bonds. The number of aromatic carboxylic acids is 1. The number of hydrogen-bond donors (Lipinski definition) is 2. The van der Waals surface area contributed by atoms with Crippen molar-refractivity contribution in [3.63, 3.8) is 0 Å². The summed E-state index contributed by atoms with van der Waals surface area (Å²) in [5.41, 5.74) is -0.292. The highest BCUT2D eigenvalue weighted by Gasteiger charge is 2.14. The lowest BCUT2D eigenvalue weighted by Gasteiger charge is -2.09. The summed E-state index contributed by atoms with van der Waals surface area (Å²) in [7, 11) is 0. The van der Waals surface area contributed by atoms with Crippen LogP contribution in [0.5, 0.6) is 0 Å². The normalized spacial score (nSPS) is 9.61. The number of carbonyl (C=O) groups is 2. The molecule has 0 fully saturated rings. The Labute approximate surface area is 103 Å². The molecule has 5 nitrogen and oxygen atoms in total. The van der Waals surface area contributed by atoms with Crippen molar-refractivity contribution in [1.29, 1.82) is 0 Å². The molecule has 96 valence electrons. The van der Waals surface area contributed by atoms with Gasteiger partial charge < -0.3 is 15.2 Å². The Morgan fingerprint density at radius 1 is 1.50 bits per heavy atom. The predicted octanol–water partition coefficient (Wildman–Crippen LogP) is 1.94. The van der Waals surface area contributed by atoms with E-state index >= 15 is 0 Å². The van der Waals surface area contributed by atoms with Gasteiger partial charge in [-0.25, -0.2) is 14.0 Å². The summed E-state index contributed by atoms with van der Waals surface area (Å²) in [5.74, 6) is -1.95. The van der Waals surface area contributed by atoms with Crippen LogP contribution in [-0.2, 0) is 11.3 Å². The molecule has 0 aromatic heterocycles. The van der Waals surface area contributed by atoms with E-state index < -0.39 is 17.9 Å². The van der Waals surface area contributed by atoms with Gasteiger partial charge in [0.15, 0.2) is 0 Å². The molecule has 0 saturated carbocycles. The summed E-state index contributed by atoms with van der Waals surface area (Å²) in [4.78, 5) is 22.0. The van der Waals surface area contributed by atoms with Crippen molar-refractivity contribution in [1.82, 2.24) is 5.32 Å². The molecule has 0 aliphatic heterocycles. The molecule has 1 aromatic rings. The standard InChI is InChI=1S/C12H12FNO4/c1-2-6-18-12(17)14-7-9-8(11(15)16)4-3-5-10(9)13/h2-5H,1,6-7H2,(H,14,17)(H,15,16). The molecule has 1 rings (SSSR count). The number of ether oxygens (including phenoxy) is 1. The lowest BCUT2D eigenvalue weighted by Crippen LogP contribution is -2.25. The monoisotopic (exact) mass is 253 g/mol. The number of carboxylic acids is 1. The largest absolute Gasteiger partial charge is 0.478 e. The van der Waals surface area contributed by atoms with E-state index in [1.165, 1.54) is 18.2 Å². The molecule has 0 aliphatic rings. The zero-order valence-electron chi connectivity index (χ0n) is 9.48. The van der Waals surface area contributed by atoms with Crippen molar-refractivity contribution in [2.75, 3.05) is 6.61 Å². The van der Waals surface area contributed by atoms with Crippen molar-refractivity contribution >= 4 is 12.1 Å². The van der Waals surface area contributed by atoms with Crippen molar-refractivity contribution in [2.45, 2.75) is 6.54 Å². The van der Waals surface area contributed by atoms with Crippen LogP contribution in [0.4, 0.5) is 9.18 Å². The Balaban J connectivity index is 2.75. The third-order valence-electron chi connectivity index (χ3n) is 2.09. The van der Waals surface area contributed by atoms with Gasteiger partial charge in [0.1, 0.15) is 12.4 Å². The van der Waals surface area contributed by atoms with Crippen LogP contribution in [0, 0.1) is 5.82 Å². The fourth-order valence-electron chi connectivity index (χ4n) is 1.28. The Hall–Kier alpha value is -2.37. The summed E-state index contributed by atoms with van der Waals surface area (Å²) in [6.07, 6.45) is 0.611. The Morgan fingerprint density at radius 3 is 2.83 bits per heavy atom. The SMILES string of the molecule is C=CCOC(=O)NCc1c(F)cccc1C(=O)O. The van der Waals surface area contributed by atoms with Gasteiger partial charge in [-0.05, 0) is 12.1 Å². The van der Waals surface area contributed by atoms with Gasteiger partial charge in [-0.2, -0.15) is 0 Å². The second-order valence-corrected chi connectivity index (χ2v) is 3.31. The maximum Gasteiger partial charge on any atom is 0.407 e. The summed E-state index contributed by atoms with van der Waals surface area (Å²) in [6, 6.07) is 3.67. The Kier molecular flexibility index (Phi) is 4.86. The van der Waals surface area contributed by atoms with Crippen LogP contribution in [0.15, 0.2) is 30.9 Å². The Morgan fingerprint density at radius 2 is 2.22 bits per heavy atom. The van der Waals surface area contributed by atoms with Gasteiger partial charge in [-0.1, -0.05) is 18.7 Å². The minimum absolute atomic E-state index is 0.0227. The number of hydrogen-bond acceptors (Lipinski definition) is 3. The van der Waals surface area contributed by atoms with E-state index in [0.29, 0.717) is 0 Å².